The lowest BCUT2D eigenvalue weighted by atomic mass is 10.1. The molecule has 3 amide bonds. The zero-order valence-corrected chi connectivity index (χ0v) is 18.3. The minimum absolute atomic E-state index is 0.105. The number of carbonyl (C=O) groups is 3. The first kappa shape index (κ1) is 21.7. The van der Waals surface area contributed by atoms with E-state index in [1.165, 1.54) is 11.6 Å². The Kier molecular flexibility index (Phi) is 6.61. The third kappa shape index (κ3) is 5.03. The highest BCUT2D eigenvalue weighted by Gasteiger charge is 2.34. The number of nitrogens with zero attached hydrogens (tertiary/aromatic N) is 1. The second-order valence-electron chi connectivity index (χ2n) is 7.17. The van der Waals surface area contributed by atoms with Gasteiger partial charge in [0.05, 0.1) is 4.91 Å². The zero-order valence-electron chi connectivity index (χ0n) is 17.5. The molecule has 0 bridgehead atoms. The fourth-order valence-electron chi connectivity index (χ4n) is 3.23. The van der Waals surface area contributed by atoms with Gasteiger partial charge in [0, 0.05) is 19.2 Å². The van der Waals surface area contributed by atoms with Crippen molar-refractivity contribution in [2.24, 2.45) is 0 Å². The van der Waals surface area contributed by atoms with Crippen LogP contribution in [0.2, 0.25) is 0 Å². The van der Waals surface area contributed by atoms with Gasteiger partial charge < -0.3 is 14.8 Å². The maximum Gasteiger partial charge on any atom is 0.293 e. The molecule has 0 saturated carbocycles. The molecule has 1 saturated heterocycles. The number of rotatable bonds is 7. The summed E-state index contributed by atoms with van der Waals surface area (Å²) in [6.07, 6.45) is 5.78. The Labute approximate surface area is 190 Å². The number of aryl methyl sites for hydroxylation is 1. The van der Waals surface area contributed by atoms with Gasteiger partial charge >= 0.3 is 0 Å². The Morgan fingerprint density at radius 3 is 2.62 bits per heavy atom. The average molecular weight is 451 g/mol. The number of fused-ring (bicyclic) bond motifs is 1. The van der Waals surface area contributed by atoms with E-state index in [2.05, 4.69) is 12.2 Å². The number of hydrogen-bond acceptors (Lipinski definition) is 6. The minimum Gasteiger partial charge on any atom is -0.454 e. The fraction of sp³-hybridized carbons (Fsp3) is 0.208. The zero-order chi connectivity index (χ0) is 22.5. The van der Waals surface area contributed by atoms with Crippen LogP contribution in [-0.2, 0) is 16.0 Å². The van der Waals surface area contributed by atoms with Crippen molar-refractivity contribution in [3.63, 3.8) is 0 Å². The molecule has 4 rings (SSSR count). The van der Waals surface area contributed by atoms with E-state index >= 15 is 0 Å². The number of ether oxygens (including phenoxy) is 2. The van der Waals surface area contributed by atoms with Crippen molar-refractivity contribution in [3.8, 4) is 11.5 Å². The molecule has 2 aliphatic heterocycles. The Bertz CT molecular complexity index is 1110. The summed E-state index contributed by atoms with van der Waals surface area (Å²) in [5, 5.41) is 2.35. The van der Waals surface area contributed by atoms with Gasteiger partial charge in [-0.2, -0.15) is 0 Å². The lowest BCUT2D eigenvalue weighted by molar-refractivity contribution is -0.123. The molecule has 0 radical (unpaired) electrons. The van der Waals surface area contributed by atoms with Crippen LogP contribution >= 0.6 is 11.8 Å². The summed E-state index contributed by atoms with van der Waals surface area (Å²) in [5.74, 6) is 0.596. The highest BCUT2D eigenvalue weighted by molar-refractivity contribution is 8.18. The van der Waals surface area contributed by atoms with Crippen molar-refractivity contribution in [2.75, 3.05) is 19.9 Å². The molecule has 32 heavy (non-hydrogen) atoms. The normalized spacial score (nSPS) is 16.4. The number of carbonyl (C=O) groups excluding carboxylic acids is 3. The maximum atomic E-state index is 12.6. The molecule has 0 aliphatic carbocycles. The van der Waals surface area contributed by atoms with E-state index < -0.39 is 0 Å². The van der Waals surface area contributed by atoms with Crippen LogP contribution in [-0.4, -0.2) is 41.8 Å². The van der Waals surface area contributed by atoms with Crippen LogP contribution in [0.4, 0.5) is 4.79 Å². The summed E-state index contributed by atoms with van der Waals surface area (Å²) in [4.78, 5) is 38.4. The van der Waals surface area contributed by atoms with Crippen LogP contribution in [0, 0.1) is 0 Å². The van der Waals surface area contributed by atoms with E-state index in [9.17, 15) is 14.4 Å². The molecule has 2 aromatic carbocycles. The third-order valence-electron chi connectivity index (χ3n) is 5.02. The topological polar surface area (TPSA) is 84.9 Å². The van der Waals surface area contributed by atoms with E-state index in [-0.39, 0.29) is 36.9 Å². The third-order valence-corrected chi connectivity index (χ3v) is 5.93. The van der Waals surface area contributed by atoms with Gasteiger partial charge in [-0.3, -0.25) is 19.3 Å². The van der Waals surface area contributed by atoms with Gasteiger partial charge in [-0.25, -0.2) is 0 Å². The van der Waals surface area contributed by atoms with Gasteiger partial charge in [-0.1, -0.05) is 37.3 Å². The molecule has 2 aromatic rings. The van der Waals surface area contributed by atoms with Crippen LogP contribution in [0.1, 0.15) is 23.6 Å². The van der Waals surface area contributed by atoms with E-state index in [4.69, 9.17) is 9.47 Å². The lowest BCUT2D eigenvalue weighted by Gasteiger charge is -2.12. The van der Waals surface area contributed by atoms with Crippen LogP contribution in [0.15, 0.2) is 53.4 Å². The second-order valence-corrected chi connectivity index (χ2v) is 8.16. The first-order valence-corrected chi connectivity index (χ1v) is 11.0. The quantitative estimate of drug-likeness (QED) is 0.645. The largest absolute Gasteiger partial charge is 0.454 e. The Hall–Kier alpha value is -3.52. The summed E-state index contributed by atoms with van der Waals surface area (Å²) in [6, 6.07) is 13.3. The number of hydrogen-bond donors (Lipinski definition) is 1. The summed E-state index contributed by atoms with van der Waals surface area (Å²) >= 11 is 0.879. The molecule has 2 heterocycles. The molecule has 164 valence electrons. The predicted molar refractivity (Wildman–Crippen MR) is 123 cm³/mol. The van der Waals surface area contributed by atoms with Crippen molar-refractivity contribution in [2.45, 2.75) is 13.3 Å². The van der Waals surface area contributed by atoms with Crippen molar-refractivity contribution in [1.29, 1.82) is 0 Å². The average Bonchev–Trinajstić information content (AvgIpc) is 3.37. The summed E-state index contributed by atoms with van der Waals surface area (Å²) in [7, 11) is 0. The molecule has 2 aliphatic rings. The number of imide groups is 1. The monoisotopic (exact) mass is 450 g/mol. The summed E-state index contributed by atoms with van der Waals surface area (Å²) in [5.41, 5.74) is 2.90. The standard InChI is InChI=1S/C24H22N2O5S/c1-2-16-3-5-17(6-4-16)8-10-22(27)25-11-12-26-23(28)21(32-24(26)29)14-18-7-9-19-20(13-18)31-15-30-19/h3-10,13-14H,2,11-12,15H2,1H3,(H,25,27)/b10-8+,21-14+. The molecule has 8 heteroatoms. The van der Waals surface area contributed by atoms with E-state index in [1.54, 1.807) is 30.4 Å². The Balaban J connectivity index is 1.29. The van der Waals surface area contributed by atoms with Crippen LogP contribution in [0.3, 0.4) is 0 Å². The second kappa shape index (κ2) is 9.74. The Morgan fingerprint density at radius 1 is 1.09 bits per heavy atom. The van der Waals surface area contributed by atoms with Gasteiger partial charge in [-0.05, 0) is 59.2 Å². The van der Waals surface area contributed by atoms with Gasteiger partial charge in [0.25, 0.3) is 11.1 Å². The number of nitrogens with one attached hydrogen (secondary N) is 1. The smallest absolute Gasteiger partial charge is 0.293 e. The molecule has 0 spiro atoms. The SMILES string of the molecule is CCc1ccc(/C=C/C(=O)NCCN2C(=O)S/C(=C/c3ccc4c(c3)OCO4)C2=O)cc1. The van der Waals surface area contributed by atoms with Crippen molar-refractivity contribution < 1.29 is 23.9 Å². The fourth-order valence-corrected chi connectivity index (χ4v) is 4.10. The first-order chi connectivity index (χ1) is 15.5. The molecular weight excluding hydrogens is 428 g/mol. The molecular formula is C24H22N2O5S. The van der Waals surface area contributed by atoms with E-state index in [0.717, 1.165) is 34.2 Å². The highest BCUT2D eigenvalue weighted by atomic mass is 32.2. The number of amides is 3. The van der Waals surface area contributed by atoms with Gasteiger partial charge in [0.1, 0.15) is 0 Å². The lowest BCUT2D eigenvalue weighted by Crippen LogP contribution is -2.36. The van der Waals surface area contributed by atoms with Crippen molar-refractivity contribution in [1.82, 2.24) is 10.2 Å². The maximum absolute atomic E-state index is 12.6. The highest BCUT2D eigenvalue weighted by Crippen LogP contribution is 2.36. The summed E-state index contributed by atoms with van der Waals surface area (Å²) in [6.45, 7) is 2.53. The first-order valence-electron chi connectivity index (χ1n) is 10.2. The van der Waals surface area contributed by atoms with Crippen LogP contribution in [0.5, 0.6) is 11.5 Å². The predicted octanol–water partition coefficient (Wildman–Crippen LogP) is 3.84. The molecule has 0 atom stereocenters. The van der Waals surface area contributed by atoms with Crippen LogP contribution in [0.25, 0.3) is 12.2 Å². The Morgan fingerprint density at radius 2 is 1.84 bits per heavy atom. The molecule has 0 unspecified atom stereocenters. The molecule has 1 fully saturated rings. The summed E-state index contributed by atoms with van der Waals surface area (Å²) < 4.78 is 10.6. The van der Waals surface area contributed by atoms with Crippen molar-refractivity contribution in [3.05, 3.63) is 70.1 Å². The van der Waals surface area contributed by atoms with E-state index in [1.807, 2.05) is 24.3 Å². The number of benzene rings is 2. The van der Waals surface area contributed by atoms with Gasteiger partial charge in [-0.15, -0.1) is 0 Å². The minimum atomic E-state index is -0.376. The molecule has 1 N–H and O–H groups in total. The molecule has 7 nitrogen and oxygen atoms in total. The van der Waals surface area contributed by atoms with Crippen molar-refractivity contribution >= 4 is 41.0 Å². The van der Waals surface area contributed by atoms with E-state index in [0.29, 0.717) is 16.4 Å². The van der Waals surface area contributed by atoms with Crippen LogP contribution < -0.4 is 14.8 Å². The van der Waals surface area contributed by atoms with Gasteiger partial charge in [0.15, 0.2) is 11.5 Å². The molecule has 0 aromatic heterocycles. The number of thioether (sulfide) groups is 1. The van der Waals surface area contributed by atoms with Gasteiger partial charge in [0.2, 0.25) is 12.7 Å².